The lowest BCUT2D eigenvalue weighted by molar-refractivity contribution is 0.118. The van der Waals surface area contributed by atoms with Crippen molar-refractivity contribution >= 4 is 17.3 Å². The molecule has 1 aliphatic rings. The Bertz CT molecular complexity index is 1260. The molecule has 1 aromatic carbocycles. The van der Waals surface area contributed by atoms with Gasteiger partial charge in [0.05, 0.1) is 18.4 Å². The average molecular weight is 486 g/mol. The molecule has 3 aromatic rings. The zero-order valence-corrected chi connectivity index (χ0v) is 21.9. The van der Waals surface area contributed by atoms with Gasteiger partial charge in [-0.3, -0.25) is 20.2 Å². The van der Waals surface area contributed by atoms with Crippen molar-refractivity contribution in [3.05, 3.63) is 47.9 Å². The van der Waals surface area contributed by atoms with Crippen molar-refractivity contribution in [1.82, 2.24) is 29.4 Å². The van der Waals surface area contributed by atoms with Crippen LogP contribution in [0.3, 0.4) is 0 Å². The first-order valence-corrected chi connectivity index (χ1v) is 12.4. The maximum atomic E-state index is 9.42. The fourth-order valence-electron chi connectivity index (χ4n) is 4.15. The minimum Gasteiger partial charge on any atom is -0.298 e. The van der Waals surface area contributed by atoms with Crippen LogP contribution in [-0.2, 0) is 0 Å². The van der Waals surface area contributed by atoms with Gasteiger partial charge in [-0.05, 0) is 43.5 Å². The van der Waals surface area contributed by atoms with Crippen LogP contribution in [0, 0.1) is 28.6 Å². The quantitative estimate of drug-likeness (QED) is 0.421. The molecule has 0 amide bonds. The van der Waals surface area contributed by atoms with Gasteiger partial charge in [0, 0.05) is 50.4 Å². The van der Waals surface area contributed by atoms with E-state index in [-0.39, 0.29) is 11.2 Å². The highest BCUT2D eigenvalue weighted by molar-refractivity contribution is 5.55. The van der Waals surface area contributed by atoms with Gasteiger partial charge in [0.2, 0.25) is 11.8 Å². The van der Waals surface area contributed by atoms with E-state index in [0.29, 0.717) is 24.2 Å². The van der Waals surface area contributed by atoms with Gasteiger partial charge in [0.15, 0.2) is 5.65 Å². The number of rotatable bonds is 6. The fourth-order valence-corrected chi connectivity index (χ4v) is 4.15. The van der Waals surface area contributed by atoms with Crippen LogP contribution in [0.1, 0.15) is 46.0 Å². The molecule has 0 aliphatic carbocycles. The molecule has 9 nitrogen and oxygen atoms in total. The predicted octanol–water partition coefficient (Wildman–Crippen LogP) is 3.25. The molecular formula is C27H35N9. The van der Waals surface area contributed by atoms with Crippen LogP contribution in [0.5, 0.6) is 0 Å². The average Bonchev–Trinajstić information content (AvgIpc) is 3.32. The Balaban J connectivity index is 1.46. The lowest BCUT2D eigenvalue weighted by Gasteiger charge is -2.36. The number of nitrogens with one attached hydrogen (secondary N) is 1. The molecule has 0 spiro atoms. The molecule has 9 heteroatoms. The highest BCUT2D eigenvalue weighted by atomic mass is 15.6. The third-order valence-electron chi connectivity index (χ3n) is 6.03. The second-order valence-electron chi connectivity index (χ2n) is 10.6. The Morgan fingerprint density at radius 2 is 1.78 bits per heavy atom. The summed E-state index contributed by atoms with van der Waals surface area (Å²) >= 11 is 0. The van der Waals surface area contributed by atoms with Crippen molar-refractivity contribution in [2.75, 3.05) is 49.7 Å². The van der Waals surface area contributed by atoms with E-state index in [4.69, 9.17) is 0 Å². The number of fused-ring (bicyclic) bond motifs is 1. The molecule has 0 bridgehead atoms. The summed E-state index contributed by atoms with van der Waals surface area (Å²) in [5.74, 6) is 7.24. The van der Waals surface area contributed by atoms with E-state index in [1.54, 1.807) is 16.8 Å². The second-order valence-corrected chi connectivity index (χ2v) is 10.6. The first-order chi connectivity index (χ1) is 17.2. The molecule has 3 heterocycles. The monoisotopic (exact) mass is 485 g/mol. The molecule has 4 rings (SSSR count). The Labute approximate surface area is 213 Å². The summed E-state index contributed by atoms with van der Waals surface area (Å²) in [6.07, 6.45) is 1.65. The van der Waals surface area contributed by atoms with Gasteiger partial charge in [-0.15, -0.1) is 0 Å². The van der Waals surface area contributed by atoms with E-state index in [0.717, 1.165) is 44.0 Å². The summed E-state index contributed by atoms with van der Waals surface area (Å²) in [5, 5.41) is 15.7. The van der Waals surface area contributed by atoms with Crippen molar-refractivity contribution in [2.45, 2.75) is 40.7 Å². The standard InChI is InChI=1S/C27H35N9/c1-21(2)34-17-15-33(16-18-34)14-6-7-22-8-10-23(11-9-22)32-35(20-27(3,4)5)26-31-24(19-28)30-25-12-13-29-36(25)26/h8-13,21,32H,14-18,20H2,1-5H3. The maximum Gasteiger partial charge on any atom is 0.250 e. The third-order valence-corrected chi connectivity index (χ3v) is 6.03. The van der Waals surface area contributed by atoms with E-state index >= 15 is 0 Å². The predicted molar refractivity (Wildman–Crippen MR) is 142 cm³/mol. The van der Waals surface area contributed by atoms with Crippen LogP contribution in [-0.4, -0.2) is 74.7 Å². The van der Waals surface area contributed by atoms with E-state index in [1.165, 1.54) is 0 Å². The smallest absolute Gasteiger partial charge is 0.250 e. The third kappa shape index (κ3) is 6.51. The topological polar surface area (TPSA) is 88.6 Å². The van der Waals surface area contributed by atoms with E-state index in [9.17, 15) is 5.26 Å². The number of aromatic nitrogens is 4. The molecule has 0 atom stereocenters. The Kier molecular flexibility index (Phi) is 7.73. The van der Waals surface area contributed by atoms with Crippen LogP contribution < -0.4 is 10.4 Å². The number of nitrogens with zero attached hydrogens (tertiary/aromatic N) is 8. The molecule has 1 aliphatic heterocycles. The van der Waals surface area contributed by atoms with Crippen molar-refractivity contribution in [2.24, 2.45) is 5.41 Å². The molecule has 0 saturated carbocycles. The lowest BCUT2D eigenvalue weighted by atomic mass is 9.97. The number of nitriles is 1. The minimum atomic E-state index is -0.0453. The minimum absolute atomic E-state index is 0.0453. The number of piperazine rings is 1. The SMILES string of the molecule is CC(C)N1CCN(CC#Cc2ccc(NN(CC(C)(C)C)c3nc(C#N)nc4ccnn34)cc2)CC1. The van der Waals surface area contributed by atoms with Crippen molar-refractivity contribution in [3.8, 4) is 17.9 Å². The summed E-state index contributed by atoms with van der Waals surface area (Å²) in [4.78, 5) is 13.6. The first kappa shape index (κ1) is 25.4. The van der Waals surface area contributed by atoms with Crippen LogP contribution in [0.2, 0.25) is 0 Å². The number of hydrogen-bond donors (Lipinski definition) is 1. The zero-order chi connectivity index (χ0) is 25.7. The largest absolute Gasteiger partial charge is 0.298 e. The van der Waals surface area contributed by atoms with Crippen molar-refractivity contribution < 1.29 is 0 Å². The van der Waals surface area contributed by atoms with Gasteiger partial charge in [0.25, 0.3) is 0 Å². The molecule has 0 radical (unpaired) electrons. The van der Waals surface area contributed by atoms with E-state index in [1.807, 2.05) is 35.3 Å². The highest BCUT2D eigenvalue weighted by Gasteiger charge is 2.22. The molecule has 1 fully saturated rings. The van der Waals surface area contributed by atoms with Crippen molar-refractivity contribution in [1.29, 1.82) is 5.26 Å². The van der Waals surface area contributed by atoms with E-state index < -0.39 is 0 Å². The second kappa shape index (κ2) is 10.9. The van der Waals surface area contributed by atoms with Crippen LogP contribution in [0.4, 0.5) is 11.6 Å². The molecule has 188 valence electrons. The summed E-state index contributed by atoms with van der Waals surface area (Å²) in [7, 11) is 0. The highest BCUT2D eigenvalue weighted by Crippen LogP contribution is 2.22. The normalized spacial score (nSPS) is 14.9. The molecular weight excluding hydrogens is 450 g/mol. The number of hydrogen-bond acceptors (Lipinski definition) is 8. The van der Waals surface area contributed by atoms with Gasteiger partial charge in [-0.25, -0.2) is 0 Å². The van der Waals surface area contributed by atoms with Crippen LogP contribution in [0.25, 0.3) is 5.65 Å². The summed E-state index contributed by atoms with van der Waals surface area (Å²) in [6, 6.07) is 12.5. The van der Waals surface area contributed by atoms with Gasteiger partial charge < -0.3 is 0 Å². The van der Waals surface area contributed by atoms with Gasteiger partial charge in [-0.1, -0.05) is 32.6 Å². The summed E-state index contributed by atoms with van der Waals surface area (Å²) in [6.45, 7) is 16.7. The van der Waals surface area contributed by atoms with Crippen LogP contribution in [0.15, 0.2) is 36.5 Å². The zero-order valence-electron chi connectivity index (χ0n) is 21.9. The molecule has 1 saturated heterocycles. The van der Waals surface area contributed by atoms with Gasteiger partial charge in [-0.2, -0.15) is 24.8 Å². The number of hydrazine groups is 1. The maximum absolute atomic E-state index is 9.42. The molecule has 1 N–H and O–H groups in total. The molecule has 0 unspecified atom stereocenters. The Morgan fingerprint density at radius 1 is 1.06 bits per heavy atom. The Morgan fingerprint density at radius 3 is 2.42 bits per heavy atom. The molecule has 36 heavy (non-hydrogen) atoms. The Hall–Kier alpha value is -3.66. The van der Waals surface area contributed by atoms with Crippen molar-refractivity contribution in [3.63, 3.8) is 0 Å². The first-order valence-electron chi connectivity index (χ1n) is 12.4. The van der Waals surface area contributed by atoms with Gasteiger partial charge >= 0.3 is 0 Å². The van der Waals surface area contributed by atoms with Gasteiger partial charge in [0.1, 0.15) is 6.07 Å². The molecule has 2 aromatic heterocycles. The fraction of sp³-hybridized carbons (Fsp3) is 0.481. The number of anilines is 2. The number of benzene rings is 1. The summed E-state index contributed by atoms with van der Waals surface area (Å²) < 4.78 is 1.64. The summed E-state index contributed by atoms with van der Waals surface area (Å²) in [5.41, 5.74) is 5.85. The lowest BCUT2D eigenvalue weighted by Crippen LogP contribution is -2.48. The van der Waals surface area contributed by atoms with E-state index in [2.05, 4.69) is 76.8 Å². The van der Waals surface area contributed by atoms with Crippen LogP contribution >= 0.6 is 0 Å².